The Balaban J connectivity index is 0.00000132. The number of aliphatic carboxylic acids is 4. The van der Waals surface area contributed by atoms with Crippen LogP contribution < -0.4 is 31.3 Å². The molecular formula is C29H42N6O16S2. The molecule has 0 spiro atoms. The van der Waals surface area contributed by atoms with Crippen LogP contribution in [-0.4, -0.2) is 112 Å². The lowest BCUT2D eigenvalue weighted by Crippen LogP contribution is -2.59. The molecule has 6 amide bonds. The third-order valence-corrected chi connectivity index (χ3v) is 9.51. The van der Waals surface area contributed by atoms with Gasteiger partial charge in [-0.05, 0) is 30.9 Å². The normalized spacial score (nSPS) is 13.0. The summed E-state index contributed by atoms with van der Waals surface area (Å²) in [6.45, 7) is 8.02. The maximum atomic E-state index is 12.9. The summed E-state index contributed by atoms with van der Waals surface area (Å²) in [5, 5.41) is 47.3. The molecule has 0 saturated heterocycles. The van der Waals surface area contributed by atoms with Crippen molar-refractivity contribution >= 4 is 85.7 Å². The van der Waals surface area contributed by atoms with Crippen molar-refractivity contribution in [2.75, 3.05) is 5.32 Å². The highest BCUT2D eigenvalue weighted by molar-refractivity contribution is 7.92. The molecule has 0 aromatic carbocycles. The fraction of sp³-hybridized carbons (Fsp3) is 0.517. The third kappa shape index (κ3) is 18.4. The molecule has 0 saturated carbocycles. The van der Waals surface area contributed by atoms with Crippen LogP contribution in [0.5, 0.6) is 0 Å². The molecule has 1 aromatic heterocycles. The molecule has 0 fully saturated rings. The summed E-state index contributed by atoms with van der Waals surface area (Å²) in [7, 11) is -3.84. The van der Waals surface area contributed by atoms with Crippen molar-refractivity contribution in [2.24, 2.45) is 5.92 Å². The molecular weight excluding hydrogens is 752 g/mol. The Hall–Kier alpha value is -5.65. The standard InChI is InChI=1S/C20H30N4O12.C9H12N2O4S2/c1-8(2)16(19(34)23-12(20(35)36)7-15(30)31)24-17(32)10(4-5-13(26)27)22-18(33)11(6-14(28)29)21-9(3)25;1-5-4-8(10-6(2)12)16-9(5)17(14,15)11-7(3)13/h8,10-12,16H,4-7H2,1-3H3,(H,21,25)(H,22,33)(H,23,34)(H,24,32)(H,26,27)(H,28,29)(H,30,31)(H,35,36);4H,1-3H3,(H,10,12)(H,11,13)/t10-,11-,12-,16-;/m0./s1. The Morgan fingerprint density at radius 3 is 1.62 bits per heavy atom. The minimum absolute atomic E-state index is 0.0245. The first-order valence-corrected chi connectivity index (χ1v) is 17.5. The highest BCUT2D eigenvalue weighted by Gasteiger charge is 2.33. The van der Waals surface area contributed by atoms with Crippen molar-refractivity contribution in [1.82, 2.24) is 26.0 Å². The number of aryl methyl sites for hydroxylation is 1. The lowest BCUT2D eigenvalue weighted by Gasteiger charge is -2.27. The molecule has 0 radical (unpaired) electrons. The summed E-state index contributed by atoms with van der Waals surface area (Å²) in [5.74, 6) is -11.4. The smallest absolute Gasteiger partial charge is 0.326 e. The van der Waals surface area contributed by atoms with E-state index < -0.39 is 119 Å². The number of hydrogen-bond acceptors (Lipinski definition) is 13. The Labute approximate surface area is 306 Å². The van der Waals surface area contributed by atoms with E-state index in [4.69, 9.17) is 20.4 Å². The van der Waals surface area contributed by atoms with Crippen molar-refractivity contribution in [3.05, 3.63) is 11.6 Å². The number of carboxylic acids is 4. The maximum absolute atomic E-state index is 12.9. The predicted molar refractivity (Wildman–Crippen MR) is 182 cm³/mol. The Kier molecular flexibility index (Phi) is 19.3. The average Bonchev–Trinajstić information content (AvgIpc) is 3.35. The number of thiophene rings is 1. The number of carbonyl (C=O) groups excluding carboxylic acids is 6. The average molecular weight is 795 g/mol. The van der Waals surface area contributed by atoms with E-state index in [1.807, 2.05) is 10.0 Å². The van der Waals surface area contributed by atoms with Gasteiger partial charge in [-0.25, -0.2) is 17.9 Å². The molecule has 10 N–H and O–H groups in total. The van der Waals surface area contributed by atoms with E-state index in [0.29, 0.717) is 10.6 Å². The number of carboxylic acid groups (broad SMARTS) is 4. The minimum Gasteiger partial charge on any atom is -0.481 e. The number of rotatable bonds is 19. The minimum atomic E-state index is -3.84. The second-order valence-corrected chi connectivity index (χ2v) is 14.4. The van der Waals surface area contributed by atoms with Gasteiger partial charge in [0.1, 0.15) is 28.4 Å². The lowest BCUT2D eigenvalue weighted by atomic mass is 10.0. The van der Waals surface area contributed by atoms with Gasteiger partial charge in [-0.3, -0.25) is 43.2 Å². The molecule has 1 aromatic rings. The van der Waals surface area contributed by atoms with Gasteiger partial charge in [-0.15, -0.1) is 11.3 Å². The summed E-state index contributed by atoms with van der Waals surface area (Å²) in [5.41, 5.74) is 0.479. The topological polar surface area (TPSA) is 358 Å². The van der Waals surface area contributed by atoms with E-state index >= 15 is 0 Å². The van der Waals surface area contributed by atoms with Crippen molar-refractivity contribution < 1.29 is 76.8 Å². The van der Waals surface area contributed by atoms with Crippen molar-refractivity contribution in [1.29, 1.82) is 0 Å². The molecule has 53 heavy (non-hydrogen) atoms. The van der Waals surface area contributed by atoms with E-state index in [2.05, 4.69) is 21.3 Å². The number of nitrogens with one attached hydrogen (secondary N) is 6. The first kappa shape index (κ1) is 47.4. The van der Waals surface area contributed by atoms with Gasteiger partial charge < -0.3 is 47.0 Å². The molecule has 24 heteroatoms. The first-order valence-electron chi connectivity index (χ1n) is 15.2. The predicted octanol–water partition coefficient (Wildman–Crippen LogP) is -1.66. The van der Waals surface area contributed by atoms with Crippen LogP contribution in [0.15, 0.2) is 10.3 Å². The molecule has 1 rings (SSSR count). The zero-order chi connectivity index (χ0) is 41.4. The van der Waals surface area contributed by atoms with Crippen LogP contribution in [0.4, 0.5) is 5.00 Å². The number of anilines is 1. The van der Waals surface area contributed by atoms with Crippen LogP contribution in [0.3, 0.4) is 0 Å². The Morgan fingerprint density at radius 1 is 0.679 bits per heavy atom. The van der Waals surface area contributed by atoms with Gasteiger partial charge in [0.15, 0.2) is 0 Å². The van der Waals surface area contributed by atoms with E-state index in [1.54, 1.807) is 13.0 Å². The number of amides is 6. The molecule has 0 aliphatic heterocycles. The van der Waals surface area contributed by atoms with Gasteiger partial charge in [0.05, 0.1) is 17.8 Å². The Bertz CT molecular complexity index is 1670. The molecule has 0 aliphatic rings. The molecule has 296 valence electrons. The summed E-state index contributed by atoms with van der Waals surface area (Å²) < 4.78 is 25.4. The second kappa shape index (κ2) is 21.7. The molecule has 0 aliphatic carbocycles. The van der Waals surface area contributed by atoms with Crippen molar-refractivity contribution in [3.63, 3.8) is 0 Å². The van der Waals surface area contributed by atoms with E-state index in [-0.39, 0.29) is 10.1 Å². The highest BCUT2D eigenvalue weighted by atomic mass is 32.2. The van der Waals surface area contributed by atoms with Crippen LogP contribution in [0, 0.1) is 12.8 Å². The highest BCUT2D eigenvalue weighted by Crippen LogP contribution is 2.30. The number of hydrogen-bond donors (Lipinski definition) is 10. The largest absolute Gasteiger partial charge is 0.481 e. The van der Waals surface area contributed by atoms with Crippen LogP contribution in [-0.2, 0) is 58.0 Å². The monoisotopic (exact) mass is 794 g/mol. The first-order chi connectivity index (χ1) is 24.3. The zero-order valence-corrected chi connectivity index (χ0v) is 30.9. The van der Waals surface area contributed by atoms with E-state index in [0.717, 1.165) is 25.2 Å². The molecule has 22 nitrogen and oxygen atoms in total. The fourth-order valence-electron chi connectivity index (χ4n) is 4.07. The summed E-state index contributed by atoms with van der Waals surface area (Å²) in [6.07, 6.45) is -2.86. The van der Waals surface area contributed by atoms with Gasteiger partial charge in [-0.1, -0.05) is 13.8 Å². The van der Waals surface area contributed by atoms with E-state index in [1.165, 1.54) is 20.8 Å². The van der Waals surface area contributed by atoms with Crippen LogP contribution in [0.2, 0.25) is 0 Å². The SMILES string of the molecule is CC(=O)N[C@@H](CC(=O)O)C(=O)N[C@@H](CCC(=O)O)C(=O)N[C@H](C(=O)N[C@@H](CC(=O)O)C(=O)O)C(C)C.CC(=O)Nc1cc(C)c(S(=O)(=O)NC(C)=O)s1. The quantitative estimate of drug-likeness (QED) is 0.0749. The van der Waals surface area contributed by atoms with Crippen LogP contribution >= 0.6 is 11.3 Å². The van der Waals surface area contributed by atoms with E-state index in [9.17, 15) is 56.4 Å². The van der Waals surface area contributed by atoms with Gasteiger partial charge >= 0.3 is 23.9 Å². The third-order valence-electron chi connectivity index (χ3n) is 6.29. The maximum Gasteiger partial charge on any atom is 0.326 e. The number of carbonyl (C=O) groups is 10. The van der Waals surface area contributed by atoms with Gasteiger partial charge in [-0.2, -0.15) is 0 Å². The second-order valence-electron chi connectivity index (χ2n) is 11.5. The molecule has 0 unspecified atom stereocenters. The Morgan fingerprint density at radius 2 is 1.19 bits per heavy atom. The molecule has 4 atom stereocenters. The van der Waals surface area contributed by atoms with Gasteiger partial charge in [0.2, 0.25) is 35.4 Å². The fourth-order valence-corrected chi connectivity index (χ4v) is 6.70. The van der Waals surface area contributed by atoms with Gasteiger partial charge in [0, 0.05) is 27.2 Å². The molecule has 0 bridgehead atoms. The summed E-state index contributed by atoms with van der Waals surface area (Å²) in [4.78, 5) is 115. The summed E-state index contributed by atoms with van der Waals surface area (Å²) >= 11 is 0.902. The summed E-state index contributed by atoms with van der Waals surface area (Å²) in [6, 6.07) is -4.84. The number of sulfonamides is 1. The van der Waals surface area contributed by atoms with Crippen molar-refractivity contribution in [2.45, 2.75) is 95.6 Å². The zero-order valence-electron chi connectivity index (χ0n) is 29.3. The van der Waals surface area contributed by atoms with Crippen LogP contribution in [0.25, 0.3) is 0 Å². The molecule has 1 heterocycles. The van der Waals surface area contributed by atoms with Crippen molar-refractivity contribution in [3.8, 4) is 0 Å². The van der Waals surface area contributed by atoms with Crippen LogP contribution in [0.1, 0.15) is 65.9 Å². The lowest BCUT2D eigenvalue weighted by molar-refractivity contribution is -0.147. The van der Waals surface area contributed by atoms with Gasteiger partial charge in [0.25, 0.3) is 10.0 Å².